The molecule has 28 heavy (non-hydrogen) atoms. The molecule has 5 heteroatoms. The fourth-order valence-electron chi connectivity index (χ4n) is 2.79. The SMILES string of the molecule is CCN(C)/C=N\c1cc(C)c(C(=O)C(Oc2cccc(C)c2)N(C)C)cc1C. The molecule has 0 fully saturated rings. The minimum Gasteiger partial charge on any atom is -0.467 e. The zero-order chi connectivity index (χ0) is 20.8. The molecule has 2 aromatic rings. The van der Waals surface area contributed by atoms with Gasteiger partial charge in [-0.1, -0.05) is 12.1 Å². The molecule has 0 aromatic heterocycles. The third-order valence-electron chi connectivity index (χ3n) is 4.63. The number of rotatable bonds is 8. The third-order valence-corrected chi connectivity index (χ3v) is 4.63. The fraction of sp³-hybridized carbons (Fsp3) is 0.391. The summed E-state index contributed by atoms with van der Waals surface area (Å²) in [6.07, 6.45) is 1.12. The van der Waals surface area contributed by atoms with Gasteiger partial charge in [-0.3, -0.25) is 9.69 Å². The number of carbonyl (C=O) groups is 1. The van der Waals surface area contributed by atoms with E-state index in [0.717, 1.165) is 28.9 Å². The fourth-order valence-corrected chi connectivity index (χ4v) is 2.79. The summed E-state index contributed by atoms with van der Waals surface area (Å²) >= 11 is 0. The van der Waals surface area contributed by atoms with Gasteiger partial charge in [-0.2, -0.15) is 0 Å². The van der Waals surface area contributed by atoms with E-state index in [1.807, 2.05) is 89.6 Å². The molecule has 5 nitrogen and oxygen atoms in total. The number of hydrogen-bond donors (Lipinski definition) is 0. The quantitative estimate of drug-likeness (QED) is 0.295. The molecule has 1 atom stereocenters. The lowest BCUT2D eigenvalue weighted by Crippen LogP contribution is -2.41. The lowest BCUT2D eigenvalue weighted by Gasteiger charge is -2.25. The van der Waals surface area contributed by atoms with Crippen LogP contribution in [0.15, 0.2) is 41.4 Å². The Bertz CT molecular complexity index is 859. The topological polar surface area (TPSA) is 45.1 Å². The van der Waals surface area contributed by atoms with Gasteiger partial charge in [0, 0.05) is 19.2 Å². The van der Waals surface area contributed by atoms with Gasteiger partial charge in [0.15, 0.2) is 0 Å². The minimum atomic E-state index is -0.694. The second-order valence-electron chi connectivity index (χ2n) is 7.39. The first-order valence-corrected chi connectivity index (χ1v) is 9.52. The molecule has 0 N–H and O–H groups in total. The van der Waals surface area contributed by atoms with E-state index < -0.39 is 6.23 Å². The molecule has 0 heterocycles. The number of Topliss-reactive ketones (excluding diaryl/α,β-unsaturated/α-hetero) is 1. The number of aryl methyl sites for hydroxylation is 3. The second-order valence-corrected chi connectivity index (χ2v) is 7.39. The third kappa shape index (κ3) is 5.42. The molecular weight excluding hydrogens is 350 g/mol. The van der Waals surface area contributed by atoms with E-state index in [2.05, 4.69) is 11.9 Å². The Morgan fingerprint density at radius 2 is 1.82 bits per heavy atom. The van der Waals surface area contributed by atoms with E-state index >= 15 is 0 Å². The predicted octanol–water partition coefficient (Wildman–Crippen LogP) is 4.37. The maximum absolute atomic E-state index is 13.3. The van der Waals surface area contributed by atoms with E-state index in [0.29, 0.717) is 11.3 Å². The molecule has 0 aliphatic rings. The van der Waals surface area contributed by atoms with Gasteiger partial charge in [-0.15, -0.1) is 0 Å². The molecule has 0 amide bonds. The van der Waals surface area contributed by atoms with Crippen LogP contribution >= 0.6 is 0 Å². The number of ketones is 1. The largest absolute Gasteiger partial charge is 0.467 e. The van der Waals surface area contributed by atoms with Crippen LogP contribution in [0.3, 0.4) is 0 Å². The van der Waals surface area contributed by atoms with Crippen molar-refractivity contribution < 1.29 is 9.53 Å². The van der Waals surface area contributed by atoms with Gasteiger partial charge in [-0.25, -0.2) is 4.99 Å². The number of ether oxygens (including phenoxy) is 1. The van der Waals surface area contributed by atoms with Crippen LogP contribution in [0, 0.1) is 20.8 Å². The van der Waals surface area contributed by atoms with Gasteiger partial charge in [0.2, 0.25) is 12.0 Å². The maximum atomic E-state index is 13.3. The van der Waals surface area contributed by atoms with E-state index in [1.54, 1.807) is 4.90 Å². The minimum absolute atomic E-state index is 0.0617. The van der Waals surface area contributed by atoms with Crippen molar-refractivity contribution in [1.29, 1.82) is 0 Å². The zero-order valence-electron chi connectivity index (χ0n) is 18.0. The lowest BCUT2D eigenvalue weighted by molar-refractivity contribution is 0.0446. The van der Waals surface area contributed by atoms with Crippen LogP contribution in [0.1, 0.15) is 34.0 Å². The molecule has 0 spiro atoms. The standard InChI is InChI=1S/C23H31N3O2/c1-8-26(7)15-24-21-14-17(3)20(13-18(21)4)22(27)23(25(5)6)28-19-11-9-10-16(2)12-19/h9-15,23H,8H2,1-7H3/b24-15-. The lowest BCUT2D eigenvalue weighted by atomic mass is 9.99. The molecule has 0 radical (unpaired) electrons. The van der Waals surface area contributed by atoms with Crippen LogP contribution in [0.4, 0.5) is 5.69 Å². The average molecular weight is 382 g/mol. The molecule has 0 aliphatic heterocycles. The van der Waals surface area contributed by atoms with E-state index in [1.165, 1.54) is 0 Å². The smallest absolute Gasteiger partial charge is 0.218 e. The highest BCUT2D eigenvalue weighted by Crippen LogP contribution is 2.25. The average Bonchev–Trinajstić information content (AvgIpc) is 2.65. The Morgan fingerprint density at radius 3 is 2.43 bits per heavy atom. The molecular formula is C23H31N3O2. The summed E-state index contributed by atoms with van der Waals surface area (Å²) in [7, 11) is 5.67. The van der Waals surface area contributed by atoms with Gasteiger partial charge < -0.3 is 9.64 Å². The Morgan fingerprint density at radius 1 is 1.11 bits per heavy atom. The molecule has 1 unspecified atom stereocenters. The van der Waals surface area contributed by atoms with Gasteiger partial charge in [0.1, 0.15) is 5.75 Å². The highest BCUT2D eigenvalue weighted by molar-refractivity contribution is 6.01. The van der Waals surface area contributed by atoms with Gasteiger partial charge in [-0.05, 0) is 82.7 Å². The van der Waals surface area contributed by atoms with Crippen molar-refractivity contribution in [2.75, 3.05) is 27.7 Å². The number of nitrogens with zero attached hydrogens (tertiary/aromatic N) is 3. The first kappa shape index (κ1) is 21.6. The normalized spacial score (nSPS) is 12.4. The molecule has 2 rings (SSSR count). The molecule has 0 bridgehead atoms. The van der Waals surface area contributed by atoms with E-state index in [-0.39, 0.29) is 5.78 Å². The first-order valence-electron chi connectivity index (χ1n) is 9.52. The van der Waals surface area contributed by atoms with Gasteiger partial charge >= 0.3 is 0 Å². The van der Waals surface area contributed by atoms with Crippen LogP contribution in [0.2, 0.25) is 0 Å². The maximum Gasteiger partial charge on any atom is 0.218 e. The van der Waals surface area contributed by atoms with Crippen LogP contribution in [-0.2, 0) is 0 Å². The molecule has 0 aliphatic carbocycles. The van der Waals surface area contributed by atoms with Crippen molar-refractivity contribution in [3.8, 4) is 5.75 Å². The summed E-state index contributed by atoms with van der Waals surface area (Å²) in [5.74, 6) is 0.624. The number of likely N-dealkylation sites (N-methyl/N-ethyl adjacent to an activating group) is 1. The summed E-state index contributed by atoms with van der Waals surface area (Å²) in [6.45, 7) is 8.87. The van der Waals surface area contributed by atoms with Crippen molar-refractivity contribution in [2.24, 2.45) is 4.99 Å². The van der Waals surface area contributed by atoms with Gasteiger partial charge in [0.25, 0.3) is 0 Å². The van der Waals surface area contributed by atoms with Crippen LogP contribution in [-0.4, -0.2) is 55.8 Å². The molecule has 0 saturated heterocycles. The van der Waals surface area contributed by atoms with Crippen molar-refractivity contribution in [3.63, 3.8) is 0 Å². The zero-order valence-corrected chi connectivity index (χ0v) is 18.0. The molecule has 0 saturated carbocycles. The van der Waals surface area contributed by atoms with Crippen molar-refractivity contribution >= 4 is 17.8 Å². The second kappa shape index (κ2) is 9.51. The number of carbonyl (C=O) groups excluding carboxylic acids is 1. The summed E-state index contributed by atoms with van der Waals surface area (Å²) in [5, 5.41) is 0. The Kier molecular flexibility index (Phi) is 7.35. The van der Waals surface area contributed by atoms with Crippen molar-refractivity contribution in [2.45, 2.75) is 33.9 Å². The summed E-state index contributed by atoms with van der Waals surface area (Å²) < 4.78 is 6.03. The first-order chi connectivity index (χ1) is 13.2. The van der Waals surface area contributed by atoms with Crippen molar-refractivity contribution in [3.05, 3.63) is 58.7 Å². The highest BCUT2D eigenvalue weighted by Gasteiger charge is 2.26. The molecule has 2 aromatic carbocycles. The predicted molar refractivity (Wildman–Crippen MR) is 116 cm³/mol. The number of hydrogen-bond acceptors (Lipinski definition) is 4. The van der Waals surface area contributed by atoms with Gasteiger partial charge in [0.05, 0.1) is 12.0 Å². The Hall–Kier alpha value is -2.66. The Balaban J connectivity index is 2.32. The highest BCUT2D eigenvalue weighted by atomic mass is 16.5. The molecule has 150 valence electrons. The Labute approximate surface area is 168 Å². The summed E-state index contributed by atoms with van der Waals surface area (Å²) in [6, 6.07) is 11.6. The number of benzene rings is 2. The summed E-state index contributed by atoms with van der Waals surface area (Å²) in [4.78, 5) is 21.6. The van der Waals surface area contributed by atoms with Crippen LogP contribution in [0.5, 0.6) is 5.75 Å². The monoisotopic (exact) mass is 381 g/mol. The number of aliphatic imine (C=N–C) groups is 1. The summed E-state index contributed by atoms with van der Waals surface area (Å²) in [5.41, 5.74) is 4.47. The van der Waals surface area contributed by atoms with Crippen LogP contribution < -0.4 is 4.74 Å². The van der Waals surface area contributed by atoms with Crippen LogP contribution in [0.25, 0.3) is 0 Å². The van der Waals surface area contributed by atoms with Crippen molar-refractivity contribution in [1.82, 2.24) is 9.80 Å². The van der Waals surface area contributed by atoms with E-state index in [9.17, 15) is 4.79 Å². The van der Waals surface area contributed by atoms with E-state index in [4.69, 9.17) is 4.74 Å².